The second kappa shape index (κ2) is 5.48. The van der Waals surface area contributed by atoms with Crippen molar-refractivity contribution in [2.24, 2.45) is 0 Å². The Morgan fingerprint density at radius 1 is 1.26 bits per heavy atom. The van der Waals surface area contributed by atoms with Gasteiger partial charge in [-0.3, -0.25) is 4.79 Å². The third-order valence-electron chi connectivity index (χ3n) is 2.67. The molecule has 0 unspecified atom stereocenters. The van der Waals surface area contributed by atoms with Crippen molar-refractivity contribution in [1.82, 2.24) is 4.90 Å². The predicted octanol–water partition coefficient (Wildman–Crippen LogP) is 1.94. The van der Waals surface area contributed by atoms with Crippen LogP contribution >= 0.6 is 0 Å². The molecule has 1 aromatic carbocycles. The van der Waals surface area contributed by atoms with E-state index in [2.05, 4.69) is 4.74 Å². The molecule has 1 aliphatic heterocycles. The van der Waals surface area contributed by atoms with Gasteiger partial charge in [-0.05, 0) is 17.7 Å². The van der Waals surface area contributed by atoms with Crippen LogP contribution in [0.5, 0.6) is 5.75 Å². The number of benzene rings is 1. The van der Waals surface area contributed by atoms with Crippen LogP contribution in [0.2, 0.25) is 0 Å². The lowest BCUT2D eigenvalue weighted by Crippen LogP contribution is -2.51. The summed E-state index contributed by atoms with van der Waals surface area (Å²) in [5, 5.41) is 0. The van der Waals surface area contributed by atoms with Crippen molar-refractivity contribution < 1.29 is 27.4 Å². The molecule has 0 N–H and O–H groups in total. The molecule has 4 nitrogen and oxygen atoms in total. The SMILES string of the molecule is O=CN1CC(OCc2ccc(OC(F)(F)F)cc2)C1. The Morgan fingerprint density at radius 3 is 2.42 bits per heavy atom. The van der Waals surface area contributed by atoms with Gasteiger partial charge < -0.3 is 14.4 Å². The lowest BCUT2D eigenvalue weighted by atomic mass is 10.2. The third kappa shape index (κ3) is 4.13. The zero-order valence-electron chi connectivity index (χ0n) is 9.89. The van der Waals surface area contributed by atoms with Crippen LogP contribution in [-0.2, 0) is 16.1 Å². The fourth-order valence-corrected chi connectivity index (χ4v) is 1.66. The molecule has 0 aromatic heterocycles. The third-order valence-corrected chi connectivity index (χ3v) is 2.67. The van der Waals surface area contributed by atoms with Crippen molar-refractivity contribution in [1.29, 1.82) is 0 Å². The smallest absolute Gasteiger partial charge is 0.406 e. The monoisotopic (exact) mass is 275 g/mol. The summed E-state index contributed by atoms with van der Waals surface area (Å²) in [6, 6.07) is 5.50. The van der Waals surface area contributed by atoms with Crippen LogP contribution in [-0.4, -0.2) is 36.9 Å². The lowest BCUT2D eigenvalue weighted by Gasteiger charge is -2.35. The van der Waals surface area contributed by atoms with Crippen molar-refractivity contribution in [3.8, 4) is 5.75 Å². The Bertz CT molecular complexity index is 427. The highest BCUT2D eigenvalue weighted by Crippen LogP contribution is 2.23. The van der Waals surface area contributed by atoms with E-state index in [9.17, 15) is 18.0 Å². The molecular weight excluding hydrogens is 263 g/mol. The maximum absolute atomic E-state index is 11.9. The van der Waals surface area contributed by atoms with E-state index in [1.54, 1.807) is 4.90 Å². The molecule has 1 aliphatic rings. The summed E-state index contributed by atoms with van der Waals surface area (Å²) < 4.78 is 45.0. The molecule has 1 fully saturated rings. The zero-order valence-corrected chi connectivity index (χ0v) is 9.89. The van der Waals surface area contributed by atoms with Crippen molar-refractivity contribution in [3.63, 3.8) is 0 Å². The van der Waals surface area contributed by atoms with E-state index >= 15 is 0 Å². The Morgan fingerprint density at radius 2 is 1.89 bits per heavy atom. The summed E-state index contributed by atoms with van der Waals surface area (Å²) >= 11 is 0. The van der Waals surface area contributed by atoms with Crippen LogP contribution in [0.1, 0.15) is 5.56 Å². The first kappa shape index (κ1) is 13.7. The van der Waals surface area contributed by atoms with Gasteiger partial charge in [0.15, 0.2) is 0 Å². The summed E-state index contributed by atoms with van der Waals surface area (Å²) in [7, 11) is 0. The summed E-state index contributed by atoms with van der Waals surface area (Å²) in [6.45, 7) is 1.40. The molecular formula is C12H12F3NO3. The zero-order chi connectivity index (χ0) is 13.9. The van der Waals surface area contributed by atoms with E-state index in [1.807, 2.05) is 0 Å². The van der Waals surface area contributed by atoms with Crippen molar-refractivity contribution in [2.75, 3.05) is 13.1 Å². The Kier molecular flexibility index (Phi) is 3.94. The first-order valence-electron chi connectivity index (χ1n) is 5.62. The van der Waals surface area contributed by atoms with Gasteiger partial charge in [0, 0.05) is 13.1 Å². The molecule has 104 valence electrons. The van der Waals surface area contributed by atoms with E-state index in [0.29, 0.717) is 19.7 Å². The highest BCUT2D eigenvalue weighted by molar-refractivity contribution is 5.48. The topological polar surface area (TPSA) is 38.8 Å². The normalized spacial score (nSPS) is 16.1. The summed E-state index contributed by atoms with van der Waals surface area (Å²) in [4.78, 5) is 11.9. The van der Waals surface area contributed by atoms with Crippen LogP contribution in [0.15, 0.2) is 24.3 Å². The van der Waals surface area contributed by atoms with Crippen LogP contribution in [0.25, 0.3) is 0 Å². The Labute approximate surface area is 107 Å². The van der Waals surface area contributed by atoms with Gasteiger partial charge in [-0.2, -0.15) is 0 Å². The van der Waals surface area contributed by atoms with Gasteiger partial charge in [0.25, 0.3) is 0 Å². The first-order chi connectivity index (χ1) is 8.96. The van der Waals surface area contributed by atoms with Gasteiger partial charge in [-0.15, -0.1) is 13.2 Å². The molecule has 0 bridgehead atoms. The summed E-state index contributed by atoms with van der Waals surface area (Å²) in [6.07, 6.45) is -3.93. The second-order valence-electron chi connectivity index (χ2n) is 4.18. The van der Waals surface area contributed by atoms with Crippen LogP contribution in [0, 0.1) is 0 Å². The predicted molar refractivity (Wildman–Crippen MR) is 59.3 cm³/mol. The first-order valence-corrected chi connectivity index (χ1v) is 5.62. The maximum atomic E-state index is 11.9. The van der Waals surface area contributed by atoms with Gasteiger partial charge in [0.05, 0.1) is 12.7 Å². The van der Waals surface area contributed by atoms with Crippen molar-refractivity contribution in [3.05, 3.63) is 29.8 Å². The number of likely N-dealkylation sites (tertiary alicyclic amines) is 1. The highest BCUT2D eigenvalue weighted by atomic mass is 19.4. The minimum absolute atomic E-state index is 0.00342. The quantitative estimate of drug-likeness (QED) is 0.771. The van der Waals surface area contributed by atoms with E-state index in [0.717, 1.165) is 12.0 Å². The molecule has 1 aromatic rings. The minimum Gasteiger partial charge on any atom is -0.406 e. The molecule has 0 saturated carbocycles. The molecule has 7 heteroatoms. The molecule has 2 rings (SSSR count). The van der Waals surface area contributed by atoms with Crippen LogP contribution in [0.3, 0.4) is 0 Å². The second-order valence-corrected chi connectivity index (χ2v) is 4.18. The molecule has 19 heavy (non-hydrogen) atoms. The van der Waals surface area contributed by atoms with Crippen molar-refractivity contribution >= 4 is 6.41 Å². The molecule has 0 spiro atoms. The molecule has 1 amide bonds. The van der Waals surface area contributed by atoms with E-state index in [4.69, 9.17) is 4.74 Å². The molecule has 0 atom stereocenters. The number of carbonyl (C=O) groups excluding carboxylic acids is 1. The van der Waals surface area contributed by atoms with Crippen LogP contribution in [0.4, 0.5) is 13.2 Å². The number of halogens is 3. The number of carbonyl (C=O) groups is 1. The Balaban J connectivity index is 1.77. The van der Waals surface area contributed by atoms with Gasteiger partial charge in [0.1, 0.15) is 5.75 Å². The van der Waals surface area contributed by atoms with Gasteiger partial charge in [0.2, 0.25) is 6.41 Å². The Hall–Kier alpha value is -1.76. The number of ether oxygens (including phenoxy) is 2. The minimum atomic E-state index is -4.68. The maximum Gasteiger partial charge on any atom is 0.573 e. The lowest BCUT2D eigenvalue weighted by molar-refractivity contribution is -0.274. The average molecular weight is 275 g/mol. The number of nitrogens with zero attached hydrogens (tertiary/aromatic N) is 1. The number of rotatable bonds is 5. The van der Waals surface area contributed by atoms with Crippen LogP contribution < -0.4 is 4.74 Å². The molecule has 1 heterocycles. The fraction of sp³-hybridized carbons (Fsp3) is 0.417. The van der Waals surface area contributed by atoms with E-state index < -0.39 is 6.36 Å². The summed E-state index contributed by atoms with van der Waals surface area (Å²) in [5.41, 5.74) is 0.749. The standard InChI is InChI=1S/C12H12F3NO3/c13-12(14,15)19-10-3-1-9(2-4-10)7-18-11-5-16(6-11)8-17/h1-4,8,11H,5-7H2. The van der Waals surface area contributed by atoms with Gasteiger partial charge in [-0.25, -0.2) is 0 Å². The highest BCUT2D eigenvalue weighted by Gasteiger charge is 2.31. The number of hydrogen-bond acceptors (Lipinski definition) is 3. The average Bonchev–Trinajstić information content (AvgIpc) is 2.27. The largest absolute Gasteiger partial charge is 0.573 e. The van der Waals surface area contributed by atoms with Gasteiger partial charge >= 0.3 is 6.36 Å². The van der Waals surface area contributed by atoms with E-state index in [-0.39, 0.29) is 11.9 Å². The number of hydrogen-bond donors (Lipinski definition) is 0. The van der Waals surface area contributed by atoms with Gasteiger partial charge in [-0.1, -0.05) is 12.1 Å². The fourth-order valence-electron chi connectivity index (χ4n) is 1.66. The molecule has 0 radical (unpaired) electrons. The van der Waals surface area contributed by atoms with Crippen molar-refractivity contribution in [2.45, 2.75) is 19.1 Å². The number of alkyl halides is 3. The number of amides is 1. The molecule has 0 aliphatic carbocycles. The van der Waals surface area contributed by atoms with E-state index in [1.165, 1.54) is 24.3 Å². The molecule has 1 saturated heterocycles. The summed E-state index contributed by atoms with van der Waals surface area (Å²) in [5.74, 6) is -0.257.